The monoisotopic (exact) mass is 283 g/mol. The van der Waals surface area contributed by atoms with E-state index in [2.05, 4.69) is 5.32 Å². The summed E-state index contributed by atoms with van der Waals surface area (Å²) < 4.78 is 0. The molecule has 0 unspecified atom stereocenters. The number of ketones is 1. The van der Waals surface area contributed by atoms with Gasteiger partial charge in [-0.1, -0.05) is 42.5 Å². The van der Waals surface area contributed by atoms with Crippen molar-refractivity contribution in [3.8, 4) is 5.75 Å². The number of aromatic hydroxyl groups is 1. The molecule has 0 fully saturated rings. The molecule has 0 aromatic heterocycles. The Morgan fingerprint density at radius 1 is 0.952 bits per heavy atom. The van der Waals surface area contributed by atoms with Gasteiger partial charge in [0.05, 0.1) is 5.69 Å². The summed E-state index contributed by atoms with van der Waals surface area (Å²) >= 11 is 0. The topological polar surface area (TPSA) is 86.6 Å². The SMILES string of the molecule is O=C(/C=C(\O)c1ccccc1)C(=O)Nc1ccccc1O. The number of phenols is 1. The van der Waals surface area contributed by atoms with Crippen LogP contribution >= 0.6 is 0 Å². The van der Waals surface area contributed by atoms with Crippen LogP contribution in [0.1, 0.15) is 5.56 Å². The van der Waals surface area contributed by atoms with Gasteiger partial charge < -0.3 is 15.5 Å². The second kappa shape index (κ2) is 6.38. The van der Waals surface area contributed by atoms with Crippen LogP contribution in [0.2, 0.25) is 0 Å². The summed E-state index contributed by atoms with van der Waals surface area (Å²) in [6.45, 7) is 0. The van der Waals surface area contributed by atoms with Crippen LogP contribution in [0.5, 0.6) is 5.75 Å². The molecule has 21 heavy (non-hydrogen) atoms. The fourth-order valence-electron chi connectivity index (χ4n) is 1.65. The Morgan fingerprint density at radius 2 is 1.57 bits per heavy atom. The molecule has 0 bridgehead atoms. The maximum absolute atomic E-state index is 11.7. The van der Waals surface area contributed by atoms with Gasteiger partial charge in [0.25, 0.3) is 5.91 Å². The van der Waals surface area contributed by atoms with Crippen molar-refractivity contribution in [2.75, 3.05) is 5.32 Å². The van der Waals surface area contributed by atoms with Gasteiger partial charge in [-0.2, -0.15) is 0 Å². The van der Waals surface area contributed by atoms with E-state index in [1.807, 2.05) is 0 Å². The first-order chi connectivity index (χ1) is 10.1. The van der Waals surface area contributed by atoms with Crippen LogP contribution in [0.4, 0.5) is 5.69 Å². The lowest BCUT2D eigenvalue weighted by Crippen LogP contribution is -2.21. The largest absolute Gasteiger partial charge is 0.507 e. The average Bonchev–Trinajstić information content (AvgIpc) is 2.50. The summed E-state index contributed by atoms with van der Waals surface area (Å²) in [6.07, 6.45) is 0.838. The van der Waals surface area contributed by atoms with Crippen LogP contribution in [0.15, 0.2) is 60.7 Å². The summed E-state index contributed by atoms with van der Waals surface area (Å²) in [6, 6.07) is 14.4. The number of phenolic OH excluding ortho intramolecular Hbond substituents is 1. The first-order valence-electron chi connectivity index (χ1n) is 6.17. The first-order valence-corrected chi connectivity index (χ1v) is 6.17. The van der Waals surface area contributed by atoms with Crippen molar-refractivity contribution in [2.24, 2.45) is 0 Å². The molecule has 0 spiro atoms. The van der Waals surface area contributed by atoms with E-state index in [0.717, 1.165) is 6.08 Å². The van der Waals surface area contributed by atoms with Crippen LogP contribution in [-0.2, 0) is 9.59 Å². The van der Waals surface area contributed by atoms with Crippen molar-refractivity contribution in [2.45, 2.75) is 0 Å². The van der Waals surface area contributed by atoms with Gasteiger partial charge >= 0.3 is 0 Å². The molecule has 0 aliphatic heterocycles. The number of carbonyl (C=O) groups excluding carboxylic acids is 2. The van der Waals surface area contributed by atoms with Gasteiger partial charge in [0.2, 0.25) is 5.78 Å². The molecular weight excluding hydrogens is 270 g/mol. The molecule has 2 aromatic rings. The summed E-state index contributed by atoms with van der Waals surface area (Å²) in [5.41, 5.74) is 0.560. The molecule has 0 saturated heterocycles. The number of amides is 1. The van der Waals surface area contributed by atoms with Crippen LogP contribution in [0.3, 0.4) is 0 Å². The van der Waals surface area contributed by atoms with E-state index in [1.165, 1.54) is 12.1 Å². The Bertz CT molecular complexity index is 692. The quantitative estimate of drug-likeness (QED) is 0.348. The lowest BCUT2D eigenvalue weighted by molar-refractivity contribution is -0.132. The number of benzene rings is 2. The van der Waals surface area contributed by atoms with Gasteiger partial charge in [-0.25, -0.2) is 0 Å². The molecule has 1 amide bonds. The van der Waals surface area contributed by atoms with E-state index < -0.39 is 11.7 Å². The maximum atomic E-state index is 11.7. The van der Waals surface area contributed by atoms with E-state index in [9.17, 15) is 19.8 Å². The number of rotatable bonds is 4. The highest BCUT2D eigenvalue weighted by Gasteiger charge is 2.14. The minimum atomic E-state index is -0.945. The number of hydrogen-bond donors (Lipinski definition) is 3. The van der Waals surface area contributed by atoms with E-state index in [1.54, 1.807) is 42.5 Å². The number of anilines is 1. The third kappa shape index (κ3) is 3.70. The molecule has 2 aromatic carbocycles. The molecule has 0 heterocycles. The lowest BCUT2D eigenvalue weighted by atomic mass is 10.1. The maximum Gasteiger partial charge on any atom is 0.296 e. The fourth-order valence-corrected chi connectivity index (χ4v) is 1.65. The fraction of sp³-hybridized carbons (Fsp3) is 0. The third-order valence-electron chi connectivity index (χ3n) is 2.71. The highest BCUT2D eigenvalue weighted by atomic mass is 16.3. The highest BCUT2D eigenvalue weighted by molar-refractivity contribution is 6.45. The number of hydrogen-bond acceptors (Lipinski definition) is 4. The predicted octanol–water partition coefficient (Wildman–Crippen LogP) is 2.50. The predicted molar refractivity (Wildman–Crippen MR) is 78.8 cm³/mol. The number of para-hydroxylation sites is 2. The number of carbonyl (C=O) groups is 2. The zero-order chi connectivity index (χ0) is 15.2. The van der Waals surface area contributed by atoms with Crippen molar-refractivity contribution in [3.05, 3.63) is 66.2 Å². The zero-order valence-corrected chi connectivity index (χ0v) is 11.0. The highest BCUT2D eigenvalue weighted by Crippen LogP contribution is 2.21. The van der Waals surface area contributed by atoms with Gasteiger partial charge in [-0.3, -0.25) is 9.59 Å². The number of aliphatic hydroxyl groups is 1. The van der Waals surface area contributed by atoms with Crippen molar-refractivity contribution < 1.29 is 19.8 Å². The smallest absolute Gasteiger partial charge is 0.296 e. The van der Waals surface area contributed by atoms with Gasteiger partial charge in [0.15, 0.2) is 0 Å². The molecule has 0 aliphatic rings. The molecule has 0 radical (unpaired) electrons. The van der Waals surface area contributed by atoms with Crippen molar-refractivity contribution in [3.63, 3.8) is 0 Å². The van der Waals surface area contributed by atoms with Gasteiger partial charge in [-0.05, 0) is 12.1 Å². The minimum Gasteiger partial charge on any atom is -0.507 e. The Labute approximate surface area is 121 Å². The van der Waals surface area contributed by atoms with E-state index in [-0.39, 0.29) is 17.2 Å². The Morgan fingerprint density at radius 3 is 2.24 bits per heavy atom. The normalized spacial score (nSPS) is 11.0. The average molecular weight is 283 g/mol. The van der Waals surface area contributed by atoms with E-state index in [4.69, 9.17) is 0 Å². The molecule has 5 nitrogen and oxygen atoms in total. The number of aliphatic hydroxyl groups excluding tert-OH is 1. The second-order valence-electron chi connectivity index (χ2n) is 4.23. The molecule has 2 rings (SSSR count). The standard InChI is InChI=1S/C16H13NO4/c18-13-9-5-4-8-12(13)17-16(21)15(20)10-14(19)11-6-2-1-3-7-11/h1-10,18-19H,(H,17,21)/b14-10-. The van der Waals surface area contributed by atoms with E-state index in [0.29, 0.717) is 5.56 Å². The van der Waals surface area contributed by atoms with Gasteiger partial charge in [0, 0.05) is 11.6 Å². The Balaban J connectivity index is 2.10. The van der Waals surface area contributed by atoms with Crippen LogP contribution in [-0.4, -0.2) is 21.9 Å². The molecule has 0 aliphatic carbocycles. The Hall–Kier alpha value is -3.08. The molecule has 5 heteroatoms. The summed E-state index contributed by atoms with van der Waals surface area (Å²) in [5.74, 6) is -2.30. The van der Waals surface area contributed by atoms with Crippen LogP contribution < -0.4 is 5.32 Å². The lowest BCUT2D eigenvalue weighted by Gasteiger charge is -2.05. The van der Waals surface area contributed by atoms with Crippen molar-refractivity contribution in [1.29, 1.82) is 0 Å². The van der Waals surface area contributed by atoms with Gasteiger partial charge in [0.1, 0.15) is 11.5 Å². The first kappa shape index (κ1) is 14.3. The summed E-state index contributed by atoms with van der Waals surface area (Å²) in [4.78, 5) is 23.4. The molecule has 106 valence electrons. The summed E-state index contributed by atoms with van der Waals surface area (Å²) in [7, 11) is 0. The number of nitrogens with one attached hydrogen (secondary N) is 1. The van der Waals surface area contributed by atoms with E-state index >= 15 is 0 Å². The zero-order valence-electron chi connectivity index (χ0n) is 11.0. The van der Waals surface area contributed by atoms with Crippen molar-refractivity contribution >= 4 is 23.1 Å². The third-order valence-corrected chi connectivity index (χ3v) is 2.71. The molecule has 0 saturated carbocycles. The Kier molecular flexibility index (Phi) is 4.36. The van der Waals surface area contributed by atoms with Crippen LogP contribution in [0, 0.1) is 0 Å². The molecule has 0 atom stereocenters. The molecular formula is C16H13NO4. The minimum absolute atomic E-state index is 0.128. The summed E-state index contributed by atoms with van der Waals surface area (Å²) in [5, 5.41) is 21.6. The second-order valence-corrected chi connectivity index (χ2v) is 4.23. The van der Waals surface area contributed by atoms with Crippen molar-refractivity contribution in [1.82, 2.24) is 0 Å². The van der Waals surface area contributed by atoms with Crippen LogP contribution in [0.25, 0.3) is 5.76 Å². The van der Waals surface area contributed by atoms with Gasteiger partial charge in [-0.15, -0.1) is 0 Å². The molecule has 3 N–H and O–H groups in total.